The van der Waals surface area contributed by atoms with Gasteiger partial charge in [0.1, 0.15) is 11.3 Å². The number of benzene rings is 2. The van der Waals surface area contributed by atoms with E-state index in [-0.39, 0.29) is 30.8 Å². The second kappa shape index (κ2) is 9.79. The van der Waals surface area contributed by atoms with Crippen molar-refractivity contribution in [3.8, 4) is 11.3 Å². The number of rotatable bonds is 7. The lowest BCUT2D eigenvalue weighted by atomic mass is 9.93. The molecule has 7 nitrogen and oxygen atoms in total. The molecular weight excluding hydrogens is 432 g/mol. The van der Waals surface area contributed by atoms with Crippen LogP contribution in [0.4, 0.5) is 5.69 Å². The number of ether oxygens (including phenoxy) is 1. The molecule has 1 aromatic rings. The van der Waals surface area contributed by atoms with Crippen molar-refractivity contribution in [1.82, 2.24) is 0 Å². The van der Waals surface area contributed by atoms with Crippen LogP contribution in [0, 0.1) is 13.8 Å². The number of fused-ring (bicyclic) bond motifs is 2. The number of ketones is 2. The van der Waals surface area contributed by atoms with Crippen LogP contribution in [0.25, 0.3) is 22.3 Å². The molecule has 4 rings (SSSR count). The number of esters is 1. The fourth-order valence-electron chi connectivity index (χ4n) is 4.50. The molecule has 0 atom stereocenters. The van der Waals surface area contributed by atoms with Gasteiger partial charge in [0, 0.05) is 61.1 Å². The predicted molar refractivity (Wildman–Crippen MR) is 130 cm³/mol. The Morgan fingerprint density at radius 2 is 1.82 bits per heavy atom. The highest BCUT2D eigenvalue weighted by Gasteiger charge is 2.36. The average molecular weight is 463 g/mol. The minimum atomic E-state index is -1.24. The molecule has 178 valence electrons. The molecule has 3 aliphatic rings. The topological polar surface area (TPSA) is 98.0 Å². The molecule has 0 bridgehead atoms. The summed E-state index contributed by atoms with van der Waals surface area (Å²) in [5.41, 5.74) is 5.68. The Bertz CT molecular complexity index is 1300. The lowest BCUT2D eigenvalue weighted by Crippen LogP contribution is -2.28. The van der Waals surface area contributed by atoms with Gasteiger partial charge in [-0.15, -0.1) is 0 Å². The maximum absolute atomic E-state index is 12.6. The standard InChI is InChI=1S/C27H30N2O5/c1-5-28-20-13-24-18(11-15(20)3)17(7-10-26(32)34-27-22(30)8-9-23(27)31)19-12-16(4)21(29-6-2)14-25(19)33-24/h11-14,27-28H,5-10H2,1-4H3/b29-21+. The van der Waals surface area contributed by atoms with Gasteiger partial charge < -0.3 is 14.5 Å². The van der Waals surface area contributed by atoms with Gasteiger partial charge in [-0.2, -0.15) is 0 Å². The highest BCUT2D eigenvalue weighted by molar-refractivity contribution is 6.12. The van der Waals surface area contributed by atoms with Crippen molar-refractivity contribution >= 4 is 34.2 Å². The molecule has 0 radical (unpaired) electrons. The molecule has 1 aliphatic heterocycles. The van der Waals surface area contributed by atoms with Crippen LogP contribution in [0.3, 0.4) is 0 Å². The largest absolute Gasteiger partial charge is 0.456 e. The van der Waals surface area contributed by atoms with E-state index in [1.54, 1.807) is 0 Å². The molecule has 1 saturated carbocycles. The zero-order chi connectivity index (χ0) is 24.4. The van der Waals surface area contributed by atoms with Crippen molar-refractivity contribution in [3.05, 3.63) is 46.3 Å². The Morgan fingerprint density at radius 3 is 2.50 bits per heavy atom. The molecule has 1 N–H and O–H groups in total. The highest BCUT2D eigenvalue weighted by atomic mass is 16.6. The summed E-state index contributed by atoms with van der Waals surface area (Å²) in [6, 6.07) is 8.05. The normalized spacial score (nSPS) is 15.0. The van der Waals surface area contributed by atoms with Gasteiger partial charge in [-0.25, -0.2) is 0 Å². The van der Waals surface area contributed by atoms with E-state index in [0.29, 0.717) is 24.3 Å². The zero-order valence-corrected chi connectivity index (χ0v) is 20.1. The number of Topliss-reactive ketones (excluding diaryl/α,β-unsaturated/α-hetero) is 2. The van der Waals surface area contributed by atoms with Crippen LogP contribution >= 0.6 is 0 Å². The van der Waals surface area contributed by atoms with E-state index in [4.69, 9.17) is 9.15 Å². The molecule has 0 spiro atoms. The molecule has 7 heteroatoms. The molecule has 0 saturated heterocycles. The molecule has 0 aromatic heterocycles. The van der Waals surface area contributed by atoms with Gasteiger partial charge in [-0.3, -0.25) is 19.4 Å². The summed E-state index contributed by atoms with van der Waals surface area (Å²) in [6.45, 7) is 9.53. The fraction of sp³-hybridized carbons (Fsp3) is 0.407. The Kier molecular flexibility index (Phi) is 6.82. The molecule has 1 aromatic carbocycles. The summed E-state index contributed by atoms with van der Waals surface area (Å²) in [6.07, 6.45) is -0.508. The third kappa shape index (κ3) is 4.60. The van der Waals surface area contributed by atoms with Crippen molar-refractivity contribution in [3.63, 3.8) is 0 Å². The van der Waals surface area contributed by atoms with Gasteiger partial charge in [0.25, 0.3) is 0 Å². The van der Waals surface area contributed by atoms with Crippen molar-refractivity contribution in [1.29, 1.82) is 0 Å². The summed E-state index contributed by atoms with van der Waals surface area (Å²) < 4.78 is 11.6. The number of aryl methyl sites for hydroxylation is 3. The quantitative estimate of drug-likeness (QED) is 0.320. The van der Waals surface area contributed by atoms with Gasteiger partial charge >= 0.3 is 5.97 Å². The molecule has 2 aliphatic carbocycles. The first-order chi connectivity index (χ1) is 16.3. The third-order valence-corrected chi connectivity index (χ3v) is 6.22. The lowest BCUT2D eigenvalue weighted by molar-refractivity contribution is -0.157. The van der Waals surface area contributed by atoms with Crippen LogP contribution in [0.15, 0.2) is 33.7 Å². The average Bonchev–Trinajstić information content (AvgIpc) is 3.11. The molecule has 1 heterocycles. The van der Waals surface area contributed by atoms with Crippen LogP contribution in [0.2, 0.25) is 0 Å². The smallest absolute Gasteiger partial charge is 0.307 e. The Labute approximate surface area is 198 Å². The van der Waals surface area contributed by atoms with E-state index in [2.05, 4.69) is 16.4 Å². The maximum atomic E-state index is 12.6. The zero-order valence-electron chi connectivity index (χ0n) is 20.1. The number of nitrogens with zero attached hydrogens (tertiary/aromatic N) is 1. The summed E-state index contributed by atoms with van der Waals surface area (Å²) in [4.78, 5) is 40.9. The van der Waals surface area contributed by atoms with Gasteiger partial charge in [0.2, 0.25) is 6.10 Å². The van der Waals surface area contributed by atoms with Crippen LogP contribution < -0.4 is 10.7 Å². The minimum Gasteiger partial charge on any atom is -0.456 e. The first-order valence-corrected chi connectivity index (χ1v) is 11.8. The third-order valence-electron chi connectivity index (χ3n) is 6.22. The van der Waals surface area contributed by atoms with Crippen LogP contribution in [0.5, 0.6) is 0 Å². The summed E-state index contributed by atoms with van der Waals surface area (Å²) in [7, 11) is 0. The first kappa shape index (κ1) is 23.7. The van der Waals surface area contributed by atoms with Crippen molar-refractivity contribution < 1.29 is 23.5 Å². The van der Waals surface area contributed by atoms with E-state index in [0.717, 1.165) is 45.2 Å². The maximum Gasteiger partial charge on any atom is 0.307 e. The number of carbonyl (C=O) groups is 3. The van der Waals surface area contributed by atoms with E-state index in [1.807, 2.05) is 45.9 Å². The van der Waals surface area contributed by atoms with Crippen LogP contribution in [0.1, 0.15) is 49.8 Å². The second-order valence-electron chi connectivity index (χ2n) is 8.69. The number of nitrogens with one attached hydrogen (secondary N) is 1. The SMILES string of the molecule is CC/N=c1\cc2oc3cc(NCC)c(C)cc3c(CCC(=O)OC3C(=O)CCC3=O)c-2cc1C. The Morgan fingerprint density at radius 1 is 1.09 bits per heavy atom. The van der Waals surface area contributed by atoms with Crippen molar-refractivity contribution in [2.24, 2.45) is 4.99 Å². The molecule has 0 unspecified atom stereocenters. The van der Waals surface area contributed by atoms with Gasteiger partial charge in [0.05, 0.1) is 5.36 Å². The highest BCUT2D eigenvalue weighted by Crippen LogP contribution is 2.36. The fourth-order valence-corrected chi connectivity index (χ4v) is 4.50. The first-order valence-electron chi connectivity index (χ1n) is 11.8. The van der Waals surface area contributed by atoms with E-state index >= 15 is 0 Å². The van der Waals surface area contributed by atoms with Crippen LogP contribution in [-0.4, -0.2) is 36.7 Å². The number of anilines is 1. The van der Waals surface area contributed by atoms with Gasteiger partial charge in [0.15, 0.2) is 11.6 Å². The van der Waals surface area contributed by atoms with Crippen LogP contribution in [-0.2, 0) is 25.5 Å². The number of carbonyl (C=O) groups excluding carboxylic acids is 3. The summed E-state index contributed by atoms with van der Waals surface area (Å²) >= 11 is 0. The Balaban J connectivity index is 1.77. The van der Waals surface area contributed by atoms with Gasteiger partial charge in [-0.1, -0.05) is 0 Å². The summed E-state index contributed by atoms with van der Waals surface area (Å²) in [5.74, 6) is -0.489. The number of hydrogen-bond donors (Lipinski definition) is 1. The summed E-state index contributed by atoms with van der Waals surface area (Å²) in [5, 5.41) is 5.16. The number of hydrogen-bond acceptors (Lipinski definition) is 7. The monoisotopic (exact) mass is 462 g/mol. The molecule has 0 amide bonds. The van der Waals surface area contributed by atoms with E-state index in [1.165, 1.54) is 0 Å². The minimum absolute atomic E-state index is 0.0550. The molecule has 34 heavy (non-hydrogen) atoms. The molecule has 1 fully saturated rings. The van der Waals surface area contributed by atoms with E-state index in [9.17, 15) is 14.4 Å². The second-order valence-corrected chi connectivity index (χ2v) is 8.69. The van der Waals surface area contributed by atoms with Crippen molar-refractivity contribution in [2.45, 2.75) is 59.5 Å². The molecular formula is C27H30N2O5. The lowest BCUT2D eigenvalue weighted by Gasteiger charge is -2.18. The van der Waals surface area contributed by atoms with E-state index < -0.39 is 12.1 Å². The van der Waals surface area contributed by atoms with Crippen molar-refractivity contribution in [2.75, 3.05) is 18.4 Å². The Hall–Kier alpha value is -3.48. The predicted octanol–water partition coefficient (Wildman–Crippen LogP) is 4.28. The van der Waals surface area contributed by atoms with Gasteiger partial charge in [-0.05, 0) is 62.9 Å².